The zero-order valence-corrected chi connectivity index (χ0v) is 14.3. The lowest BCUT2D eigenvalue weighted by atomic mass is 10.1. The number of piperazine rings is 1. The molecule has 0 aromatic carbocycles. The molecular formula is C18H19N5S. The summed E-state index contributed by atoms with van der Waals surface area (Å²) in [5.41, 5.74) is 1.51. The lowest BCUT2D eigenvalue weighted by Crippen LogP contribution is -2.47. The van der Waals surface area contributed by atoms with Gasteiger partial charge in [0.2, 0.25) is 0 Å². The molecule has 1 aliphatic carbocycles. The van der Waals surface area contributed by atoms with Gasteiger partial charge in [0.05, 0.1) is 5.39 Å². The molecule has 4 heterocycles. The van der Waals surface area contributed by atoms with Crippen molar-refractivity contribution in [2.75, 3.05) is 36.0 Å². The number of aryl methyl sites for hydroxylation is 2. The van der Waals surface area contributed by atoms with Gasteiger partial charge < -0.3 is 9.80 Å². The lowest BCUT2D eigenvalue weighted by molar-refractivity contribution is 0.643. The molecule has 5 rings (SSSR count). The summed E-state index contributed by atoms with van der Waals surface area (Å²) in [5.74, 6) is 2.21. The molecule has 3 aromatic rings. The van der Waals surface area contributed by atoms with Crippen LogP contribution in [0.1, 0.15) is 16.9 Å². The second kappa shape index (κ2) is 5.70. The van der Waals surface area contributed by atoms with E-state index in [4.69, 9.17) is 0 Å². The van der Waals surface area contributed by atoms with Gasteiger partial charge in [0.15, 0.2) is 0 Å². The zero-order valence-electron chi connectivity index (χ0n) is 13.5. The summed E-state index contributed by atoms with van der Waals surface area (Å²) in [6.07, 6.45) is 7.27. The number of nitrogens with zero attached hydrogens (tertiary/aromatic N) is 5. The molecule has 2 aliphatic rings. The third-order valence-corrected chi connectivity index (χ3v) is 6.23. The summed E-state index contributed by atoms with van der Waals surface area (Å²) >= 11 is 1.86. The van der Waals surface area contributed by atoms with Crippen LogP contribution in [0.15, 0.2) is 30.7 Å². The smallest absolute Gasteiger partial charge is 0.141 e. The summed E-state index contributed by atoms with van der Waals surface area (Å²) in [6, 6.07) is 6.11. The molecule has 0 amide bonds. The standard InChI is InChI=1S/C18H19N5S/c1-2-7-19-15(6-1)22-8-10-23(11-9-22)17-16-13-4-3-5-14(13)24-18(16)21-12-20-17/h1-2,6-7,12H,3-5,8-11H2. The van der Waals surface area contributed by atoms with Crippen molar-refractivity contribution in [2.24, 2.45) is 0 Å². The molecule has 0 saturated carbocycles. The first-order chi connectivity index (χ1) is 11.9. The van der Waals surface area contributed by atoms with E-state index in [-0.39, 0.29) is 0 Å². The fourth-order valence-corrected chi connectivity index (χ4v) is 5.06. The average Bonchev–Trinajstić information content (AvgIpc) is 3.23. The van der Waals surface area contributed by atoms with Crippen LogP contribution in [-0.4, -0.2) is 41.1 Å². The maximum absolute atomic E-state index is 4.67. The molecular weight excluding hydrogens is 318 g/mol. The van der Waals surface area contributed by atoms with Crippen LogP contribution in [0, 0.1) is 0 Å². The topological polar surface area (TPSA) is 45.2 Å². The van der Waals surface area contributed by atoms with Crippen molar-refractivity contribution in [1.29, 1.82) is 0 Å². The molecule has 0 spiro atoms. The van der Waals surface area contributed by atoms with Gasteiger partial charge in [-0.15, -0.1) is 11.3 Å². The molecule has 0 N–H and O–H groups in total. The largest absolute Gasteiger partial charge is 0.353 e. The van der Waals surface area contributed by atoms with E-state index < -0.39 is 0 Å². The normalized spacial score (nSPS) is 17.5. The number of hydrogen-bond acceptors (Lipinski definition) is 6. The Kier molecular flexibility index (Phi) is 3.36. The van der Waals surface area contributed by atoms with Crippen LogP contribution in [0.4, 0.5) is 11.6 Å². The first-order valence-corrected chi connectivity index (χ1v) is 9.38. The van der Waals surface area contributed by atoms with E-state index in [1.807, 2.05) is 23.6 Å². The fourth-order valence-electron chi connectivity index (χ4n) is 3.84. The maximum Gasteiger partial charge on any atom is 0.141 e. The molecule has 1 fully saturated rings. The first-order valence-electron chi connectivity index (χ1n) is 8.56. The molecule has 0 bridgehead atoms. The van der Waals surface area contributed by atoms with Crippen molar-refractivity contribution in [1.82, 2.24) is 15.0 Å². The predicted molar refractivity (Wildman–Crippen MR) is 98.1 cm³/mol. The van der Waals surface area contributed by atoms with Crippen LogP contribution in [0.2, 0.25) is 0 Å². The van der Waals surface area contributed by atoms with Gasteiger partial charge in [-0.3, -0.25) is 0 Å². The van der Waals surface area contributed by atoms with Crippen LogP contribution >= 0.6 is 11.3 Å². The number of anilines is 2. The Labute approximate surface area is 145 Å². The second-order valence-corrected chi connectivity index (χ2v) is 7.48. The molecule has 6 heteroatoms. The lowest BCUT2D eigenvalue weighted by Gasteiger charge is -2.36. The molecule has 5 nitrogen and oxygen atoms in total. The quantitative estimate of drug-likeness (QED) is 0.719. The number of hydrogen-bond donors (Lipinski definition) is 0. The Balaban J connectivity index is 1.43. The summed E-state index contributed by atoms with van der Waals surface area (Å²) in [7, 11) is 0. The van der Waals surface area contributed by atoms with Gasteiger partial charge >= 0.3 is 0 Å². The van der Waals surface area contributed by atoms with E-state index in [1.165, 1.54) is 35.1 Å². The number of pyridine rings is 1. The number of thiophene rings is 1. The number of fused-ring (bicyclic) bond motifs is 3. The summed E-state index contributed by atoms with van der Waals surface area (Å²) in [6.45, 7) is 3.92. The minimum Gasteiger partial charge on any atom is -0.353 e. The Morgan fingerprint density at radius 2 is 1.79 bits per heavy atom. The molecule has 3 aromatic heterocycles. The molecule has 0 atom stereocenters. The Morgan fingerprint density at radius 1 is 0.917 bits per heavy atom. The Morgan fingerprint density at radius 3 is 2.62 bits per heavy atom. The van der Waals surface area contributed by atoms with E-state index in [0.717, 1.165) is 42.6 Å². The van der Waals surface area contributed by atoms with Crippen LogP contribution < -0.4 is 9.80 Å². The Bertz CT molecular complexity index is 868. The molecule has 1 aliphatic heterocycles. The van der Waals surface area contributed by atoms with Crippen molar-refractivity contribution in [3.05, 3.63) is 41.2 Å². The van der Waals surface area contributed by atoms with Gasteiger partial charge in [-0.1, -0.05) is 6.07 Å². The van der Waals surface area contributed by atoms with Gasteiger partial charge in [0.1, 0.15) is 22.8 Å². The van der Waals surface area contributed by atoms with Crippen molar-refractivity contribution >= 4 is 33.2 Å². The molecule has 24 heavy (non-hydrogen) atoms. The highest BCUT2D eigenvalue weighted by Gasteiger charge is 2.25. The van der Waals surface area contributed by atoms with Gasteiger partial charge in [-0.05, 0) is 37.0 Å². The van der Waals surface area contributed by atoms with Crippen molar-refractivity contribution in [2.45, 2.75) is 19.3 Å². The zero-order chi connectivity index (χ0) is 15.9. The highest BCUT2D eigenvalue weighted by Crippen LogP contribution is 2.40. The molecule has 0 unspecified atom stereocenters. The summed E-state index contributed by atoms with van der Waals surface area (Å²) in [5, 5.41) is 1.32. The van der Waals surface area contributed by atoms with Crippen LogP contribution in [0.25, 0.3) is 10.2 Å². The van der Waals surface area contributed by atoms with Gasteiger partial charge in [0, 0.05) is 37.3 Å². The van der Waals surface area contributed by atoms with Gasteiger partial charge in [-0.25, -0.2) is 15.0 Å². The molecule has 0 radical (unpaired) electrons. The van der Waals surface area contributed by atoms with E-state index in [2.05, 4.69) is 36.9 Å². The number of rotatable bonds is 2. The van der Waals surface area contributed by atoms with Gasteiger partial charge in [-0.2, -0.15) is 0 Å². The number of aromatic nitrogens is 3. The predicted octanol–water partition coefficient (Wildman–Crippen LogP) is 2.90. The second-order valence-electron chi connectivity index (χ2n) is 6.40. The third-order valence-electron chi connectivity index (χ3n) is 5.03. The van der Waals surface area contributed by atoms with Crippen molar-refractivity contribution < 1.29 is 0 Å². The maximum atomic E-state index is 4.67. The summed E-state index contributed by atoms with van der Waals surface area (Å²) < 4.78 is 0. The van der Waals surface area contributed by atoms with E-state index in [1.54, 1.807) is 6.33 Å². The monoisotopic (exact) mass is 337 g/mol. The van der Waals surface area contributed by atoms with Crippen LogP contribution in [0.5, 0.6) is 0 Å². The first kappa shape index (κ1) is 14.2. The van der Waals surface area contributed by atoms with E-state index in [9.17, 15) is 0 Å². The highest BCUT2D eigenvalue weighted by atomic mass is 32.1. The van der Waals surface area contributed by atoms with Crippen molar-refractivity contribution in [3.8, 4) is 0 Å². The minimum absolute atomic E-state index is 0.979. The third kappa shape index (κ3) is 2.24. The van der Waals surface area contributed by atoms with E-state index in [0.29, 0.717) is 0 Å². The van der Waals surface area contributed by atoms with Crippen LogP contribution in [0.3, 0.4) is 0 Å². The van der Waals surface area contributed by atoms with Gasteiger partial charge in [0.25, 0.3) is 0 Å². The SMILES string of the molecule is c1ccc(N2CCN(c3ncnc4sc5c(c34)CCC5)CC2)nc1. The fraction of sp³-hybridized carbons (Fsp3) is 0.389. The van der Waals surface area contributed by atoms with E-state index >= 15 is 0 Å². The van der Waals surface area contributed by atoms with Crippen LogP contribution in [-0.2, 0) is 12.8 Å². The minimum atomic E-state index is 0.979. The average molecular weight is 337 g/mol. The van der Waals surface area contributed by atoms with Crippen molar-refractivity contribution in [3.63, 3.8) is 0 Å². The molecule has 122 valence electrons. The Hall–Kier alpha value is -2.21. The molecule has 1 saturated heterocycles. The summed E-state index contributed by atoms with van der Waals surface area (Å²) in [4.78, 5) is 21.1. The highest BCUT2D eigenvalue weighted by molar-refractivity contribution is 7.19.